The van der Waals surface area contributed by atoms with Crippen molar-refractivity contribution in [2.75, 3.05) is 33.0 Å². The van der Waals surface area contributed by atoms with E-state index in [0.717, 1.165) is 11.3 Å². The van der Waals surface area contributed by atoms with Gasteiger partial charge in [0.25, 0.3) is 5.91 Å². The highest BCUT2D eigenvalue weighted by Gasteiger charge is 2.33. The number of methoxy groups -OCH3 is 1. The van der Waals surface area contributed by atoms with E-state index in [1.165, 1.54) is 16.6 Å². The molecule has 0 saturated carbocycles. The molecule has 1 amide bonds. The van der Waals surface area contributed by atoms with Gasteiger partial charge < -0.3 is 14.8 Å². The first-order valence-electron chi connectivity index (χ1n) is 10.1. The monoisotopic (exact) mass is 500 g/mol. The van der Waals surface area contributed by atoms with Crippen LogP contribution in [0, 0.1) is 5.92 Å². The van der Waals surface area contributed by atoms with Crippen LogP contribution in [0.5, 0.6) is 17.2 Å². The van der Waals surface area contributed by atoms with Crippen LogP contribution in [0.2, 0.25) is 10.0 Å². The number of halogens is 2. The molecule has 1 aliphatic heterocycles. The van der Waals surface area contributed by atoms with Gasteiger partial charge in [-0.25, -0.2) is 12.7 Å². The van der Waals surface area contributed by atoms with Gasteiger partial charge in [-0.2, -0.15) is 0 Å². The summed E-state index contributed by atoms with van der Waals surface area (Å²) in [6, 6.07) is 8.49. The minimum atomic E-state index is -3.19. The van der Waals surface area contributed by atoms with E-state index in [2.05, 4.69) is 5.32 Å². The van der Waals surface area contributed by atoms with Crippen molar-refractivity contribution in [3.05, 3.63) is 51.5 Å². The van der Waals surface area contributed by atoms with Crippen molar-refractivity contribution in [2.24, 2.45) is 5.92 Å². The normalized spacial score (nSPS) is 14.8. The highest BCUT2D eigenvalue weighted by Crippen LogP contribution is 2.40. The molecule has 0 atom stereocenters. The predicted molar refractivity (Wildman–Crippen MR) is 126 cm³/mol. The molecule has 0 aromatic heterocycles. The maximum absolute atomic E-state index is 12.7. The smallest absolute Gasteiger partial charge is 0.252 e. The van der Waals surface area contributed by atoms with Crippen molar-refractivity contribution in [3.63, 3.8) is 0 Å². The molecule has 3 rings (SSSR count). The highest BCUT2D eigenvalue weighted by atomic mass is 35.5. The molecule has 0 spiro atoms. The van der Waals surface area contributed by atoms with Crippen LogP contribution in [0.25, 0.3) is 0 Å². The first kappa shape index (κ1) is 24.6. The van der Waals surface area contributed by atoms with E-state index in [9.17, 15) is 13.2 Å². The number of hydrogen-bond acceptors (Lipinski definition) is 5. The summed E-state index contributed by atoms with van der Waals surface area (Å²) in [5.41, 5.74) is 1.19. The van der Waals surface area contributed by atoms with Gasteiger partial charge in [0, 0.05) is 31.1 Å². The maximum Gasteiger partial charge on any atom is 0.252 e. The number of carbonyl (C=O) groups excluding carboxylic acids is 1. The van der Waals surface area contributed by atoms with E-state index >= 15 is 0 Å². The summed E-state index contributed by atoms with van der Waals surface area (Å²) in [6.45, 7) is 5.21. The molecular formula is C22H26Cl2N2O5S. The maximum atomic E-state index is 12.7. The van der Waals surface area contributed by atoms with Crippen molar-refractivity contribution >= 4 is 39.1 Å². The zero-order chi connectivity index (χ0) is 23.6. The van der Waals surface area contributed by atoms with Crippen molar-refractivity contribution in [3.8, 4) is 17.2 Å². The van der Waals surface area contributed by atoms with Crippen LogP contribution >= 0.6 is 23.2 Å². The topological polar surface area (TPSA) is 84.9 Å². The lowest BCUT2D eigenvalue weighted by atomic mass is 10.0. The third-order valence-corrected chi connectivity index (χ3v) is 7.19. The fraction of sp³-hybridized carbons (Fsp3) is 0.409. The Morgan fingerprint density at radius 3 is 2.50 bits per heavy atom. The molecule has 2 aromatic carbocycles. The lowest BCUT2D eigenvalue weighted by Crippen LogP contribution is -2.53. The predicted octanol–water partition coefficient (Wildman–Crippen LogP) is 4.54. The van der Waals surface area contributed by atoms with Crippen LogP contribution in [0.1, 0.15) is 35.7 Å². The largest absolute Gasteiger partial charge is 0.496 e. The second-order valence-corrected chi connectivity index (χ2v) is 10.8. The third-order valence-electron chi connectivity index (χ3n) is 5.28. The van der Waals surface area contributed by atoms with E-state index in [1.807, 2.05) is 19.9 Å². The molecule has 32 heavy (non-hydrogen) atoms. The van der Waals surface area contributed by atoms with Gasteiger partial charge in [-0.1, -0.05) is 37.0 Å². The quantitative estimate of drug-likeness (QED) is 0.574. The average Bonchev–Trinajstić information content (AvgIpc) is 2.68. The molecule has 7 nitrogen and oxygen atoms in total. The molecule has 0 bridgehead atoms. The zero-order valence-electron chi connectivity index (χ0n) is 18.3. The number of hydrogen-bond donors (Lipinski definition) is 1. The number of rotatable bonds is 8. The fourth-order valence-electron chi connectivity index (χ4n) is 3.40. The van der Waals surface area contributed by atoms with Gasteiger partial charge in [0.2, 0.25) is 10.0 Å². The molecule has 1 fully saturated rings. The molecule has 1 aliphatic rings. The number of sulfonamides is 1. The number of amides is 1. The van der Waals surface area contributed by atoms with Crippen LogP contribution in [-0.2, 0) is 10.0 Å². The van der Waals surface area contributed by atoms with Gasteiger partial charge in [-0.15, -0.1) is 0 Å². The summed E-state index contributed by atoms with van der Waals surface area (Å²) < 4.78 is 35.7. The zero-order valence-corrected chi connectivity index (χ0v) is 20.6. The average molecular weight is 501 g/mol. The van der Waals surface area contributed by atoms with Crippen LogP contribution in [0.15, 0.2) is 30.3 Å². The molecule has 10 heteroatoms. The summed E-state index contributed by atoms with van der Waals surface area (Å²) in [7, 11) is -1.58. The number of benzene rings is 2. The van der Waals surface area contributed by atoms with Gasteiger partial charge in [0.05, 0.1) is 29.0 Å². The molecule has 0 aliphatic carbocycles. The molecule has 0 radical (unpaired) electrons. The summed E-state index contributed by atoms with van der Waals surface area (Å²) in [6.07, 6.45) is 1.17. The fourth-order valence-corrected chi connectivity index (χ4v) is 4.90. The van der Waals surface area contributed by atoms with E-state index in [-0.39, 0.29) is 39.1 Å². The Balaban J connectivity index is 1.73. The Morgan fingerprint density at radius 2 is 1.91 bits per heavy atom. The SMILES string of the molecule is COc1ccc(Oc2c(Cl)ccc(C(=O)NCC3CN(S(C)(=O)=O)C3)c2Cl)cc1C(C)C. The van der Waals surface area contributed by atoms with E-state index < -0.39 is 10.0 Å². The number of carbonyl (C=O) groups is 1. The van der Waals surface area contributed by atoms with Gasteiger partial charge in [-0.3, -0.25) is 4.79 Å². The summed E-state index contributed by atoms with van der Waals surface area (Å²) in [5, 5.41) is 3.18. The lowest BCUT2D eigenvalue weighted by Gasteiger charge is -2.37. The Labute approximate surface area is 198 Å². The number of nitrogens with one attached hydrogen (secondary N) is 1. The number of nitrogens with zero attached hydrogens (tertiary/aromatic N) is 1. The van der Waals surface area contributed by atoms with Crippen LogP contribution in [-0.4, -0.2) is 51.6 Å². The van der Waals surface area contributed by atoms with E-state index in [4.69, 9.17) is 32.7 Å². The number of ether oxygens (including phenoxy) is 2. The van der Waals surface area contributed by atoms with Gasteiger partial charge in [0.1, 0.15) is 11.5 Å². The Morgan fingerprint density at radius 1 is 1.22 bits per heavy atom. The second-order valence-electron chi connectivity index (χ2n) is 8.05. The van der Waals surface area contributed by atoms with Gasteiger partial charge in [-0.05, 0) is 36.2 Å². The summed E-state index contributed by atoms with van der Waals surface area (Å²) in [4.78, 5) is 12.7. The first-order valence-corrected chi connectivity index (χ1v) is 12.7. The van der Waals surface area contributed by atoms with Crippen LogP contribution < -0.4 is 14.8 Å². The minimum absolute atomic E-state index is 0.0595. The van der Waals surface area contributed by atoms with Crippen LogP contribution in [0.4, 0.5) is 0 Å². The Bertz CT molecular complexity index is 1120. The molecule has 1 N–H and O–H groups in total. The molecule has 0 unspecified atom stereocenters. The summed E-state index contributed by atoms with van der Waals surface area (Å²) in [5.74, 6) is 1.35. The summed E-state index contributed by atoms with van der Waals surface area (Å²) >= 11 is 12.8. The first-order chi connectivity index (χ1) is 15.0. The van der Waals surface area contributed by atoms with E-state index in [0.29, 0.717) is 25.4 Å². The van der Waals surface area contributed by atoms with Gasteiger partial charge in [0.15, 0.2) is 5.75 Å². The van der Waals surface area contributed by atoms with E-state index in [1.54, 1.807) is 25.3 Å². The molecule has 1 saturated heterocycles. The van der Waals surface area contributed by atoms with Gasteiger partial charge >= 0.3 is 0 Å². The molecule has 2 aromatic rings. The Hall–Kier alpha value is -2.00. The third kappa shape index (κ3) is 5.49. The van der Waals surface area contributed by atoms with Crippen LogP contribution in [0.3, 0.4) is 0 Å². The highest BCUT2D eigenvalue weighted by molar-refractivity contribution is 7.88. The molecular weight excluding hydrogens is 475 g/mol. The Kier molecular flexibility index (Phi) is 7.60. The van der Waals surface area contributed by atoms with Crippen molar-refractivity contribution in [2.45, 2.75) is 19.8 Å². The molecule has 174 valence electrons. The minimum Gasteiger partial charge on any atom is -0.496 e. The van der Waals surface area contributed by atoms with Crippen molar-refractivity contribution in [1.82, 2.24) is 9.62 Å². The molecule has 1 heterocycles. The van der Waals surface area contributed by atoms with Crippen molar-refractivity contribution < 1.29 is 22.7 Å². The van der Waals surface area contributed by atoms with Crippen molar-refractivity contribution in [1.29, 1.82) is 0 Å². The lowest BCUT2D eigenvalue weighted by molar-refractivity contribution is 0.0929. The second kappa shape index (κ2) is 9.87. The standard InChI is InChI=1S/C22H26Cl2N2O5S/c1-13(2)17-9-15(5-8-19(17)30-3)31-21-18(23)7-6-16(20(21)24)22(27)25-10-14-11-26(12-14)32(4,28)29/h5-9,13-14H,10-12H2,1-4H3,(H,25,27).